The second-order valence-electron chi connectivity index (χ2n) is 4.60. The minimum absolute atomic E-state index is 0.796. The zero-order chi connectivity index (χ0) is 12.4. The number of nitrogens with two attached hydrogens (primary N) is 1. The molecule has 5 heteroatoms. The molecule has 2 aromatic rings. The highest BCUT2D eigenvalue weighted by atomic mass is 16.5. The van der Waals surface area contributed by atoms with E-state index in [1.807, 2.05) is 12.1 Å². The fraction of sp³-hybridized carbons (Fsp3) is 0.462. The third kappa shape index (κ3) is 2.19. The average Bonchev–Trinajstić information content (AvgIpc) is 2.82. The van der Waals surface area contributed by atoms with E-state index in [9.17, 15) is 0 Å². The summed E-state index contributed by atoms with van der Waals surface area (Å²) in [4.78, 5) is 6.82. The number of nitrogen functional groups attached to an aromatic ring is 1. The van der Waals surface area contributed by atoms with Crippen LogP contribution in [0.1, 0.15) is 0 Å². The molecular weight excluding hydrogens is 228 g/mol. The Labute approximate surface area is 106 Å². The van der Waals surface area contributed by atoms with Crippen LogP contribution in [0.25, 0.3) is 11.0 Å². The molecule has 0 saturated carbocycles. The maximum Gasteiger partial charge on any atom is 0.141 e. The average molecular weight is 246 g/mol. The Hall–Kier alpha value is -1.59. The smallest absolute Gasteiger partial charge is 0.141 e. The summed E-state index contributed by atoms with van der Waals surface area (Å²) >= 11 is 0. The van der Waals surface area contributed by atoms with Crippen molar-refractivity contribution in [2.24, 2.45) is 0 Å². The number of hydrogen-bond donors (Lipinski definition) is 1. The van der Waals surface area contributed by atoms with Crippen LogP contribution >= 0.6 is 0 Å². The molecule has 5 nitrogen and oxygen atoms in total. The fourth-order valence-electron chi connectivity index (χ4n) is 2.37. The molecule has 2 N–H and O–H groups in total. The van der Waals surface area contributed by atoms with Crippen molar-refractivity contribution in [3.63, 3.8) is 0 Å². The second kappa shape index (κ2) is 4.96. The van der Waals surface area contributed by atoms with E-state index in [0.29, 0.717) is 0 Å². The topological polar surface area (TPSA) is 56.3 Å². The third-order valence-corrected chi connectivity index (χ3v) is 3.46. The van der Waals surface area contributed by atoms with Gasteiger partial charge in [0.15, 0.2) is 0 Å². The van der Waals surface area contributed by atoms with Crippen molar-refractivity contribution >= 4 is 16.7 Å². The van der Waals surface area contributed by atoms with Crippen molar-refractivity contribution in [2.45, 2.75) is 6.54 Å². The van der Waals surface area contributed by atoms with Gasteiger partial charge >= 0.3 is 0 Å². The third-order valence-electron chi connectivity index (χ3n) is 3.46. The number of anilines is 1. The molecule has 0 spiro atoms. The summed E-state index contributed by atoms with van der Waals surface area (Å²) in [5, 5.41) is 1.04. The Morgan fingerprint density at radius 2 is 2.06 bits per heavy atom. The number of hydrogen-bond acceptors (Lipinski definition) is 4. The minimum atomic E-state index is 0.796. The molecular formula is C13H18N4O. The lowest BCUT2D eigenvalue weighted by Gasteiger charge is -2.26. The second-order valence-corrected chi connectivity index (χ2v) is 4.60. The summed E-state index contributed by atoms with van der Waals surface area (Å²) in [6, 6.07) is 3.88. The number of fused-ring (bicyclic) bond motifs is 1. The first-order chi connectivity index (χ1) is 8.84. The van der Waals surface area contributed by atoms with Crippen molar-refractivity contribution in [1.82, 2.24) is 14.5 Å². The Morgan fingerprint density at radius 1 is 1.22 bits per heavy atom. The summed E-state index contributed by atoms with van der Waals surface area (Å²) in [5.41, 5.74) is 7.70. The quantitative estimate of drug-likeness (QED) is 0.876. The number of aromatic nitrogens is 2. The van der Waals surface area contributed by atoms with Crippen LogP contribution in [0.15, 0.2) is 24.5 Å². The maximum atomic E-state index is 5.93. The highest BCUT2D eigenvalue weighted by molar-refractivity contribution is 5.88. The zero-order valence-corrected chi connectivity index (χ0v) is 10.4. The largest absolute Gasteiger partial charge is 0.398 e. The molecule has 2 aromatic heterocycles. The summed E-state index contributed by atoms with van der Waals surface area (Å²) in [5.74, 6) is 0. The Bertz CT molecular complexity index is 531. The zero-order valence-electron chi connectivity index (χ0n) is 10.4. The molecule has 0 unspecified atom stereocenters. The first kappa shape index (κ1) is 11.5. The molecule has 1 aliphatic rings. The highest BCUT2D eigenvalue weighted by Crippen LogP contribution is 2.19. The van der Waals surface area contributed by atoms with Crippen molar-refractivity contribution in [3.05, 3.63) is 24.5 Å². The van der Waals surface area contributed by atoms with Gasteiger partial charge in [0.2, 0.25) is 0 Å². The van der Waals surface area contributed by atoms with E-state index in [1.165, 1.54) is 0 Å². The summed E-state index contributed by atoms with van der Waals surface area (Å²) < 4.78 is 7.51. The molecule has 0 radical (unpaired) electrons. The van der Waals surface area contributed by atoms with E-state index in [1.54, 1.807) is 6.20 Å². The summed E-state index contributed by atoms with van der Waals surface area (Å²) in [6.45, 7) is 5.71. The minimum Gasteiger partial charge on any atom is -0.398 e. The lowest BCUT2D eigenvalue weighted by atomic mass is 10.3. The van der Waals surface area contributed by atoms with Gasteiger partial charge in [-0.2, -0.15) is 0 Å². The fourth-order valence-corrected chi connectivity index (χ4v) is 2.37. The van der Waals surface area contributed by atoms with Crippen molar-refractivity contribution < 1.29 is 4.74 Å². The van der Waals surface area contributed by atoms with Crippen LogP contribution in [0.4, 0.5) is 5.69 Å². The number of pyridine rings is 1. The van der Waals surface area contributed by atoms with Gasteiger partial charge in [-0.05, 0) is 12.1 Å². The van der Waals surface area contributed by atoms with Crippen molar-refractivity contribution in [1.29, 1.82) is 0 Å². The van der Waals surface area contributed by atoms with Crippen LogP contribution in [0.3, 0.4) is 0 Å². The summed E-state index contributed by atoms with van der Waals surface area (Å²) in [7, 11) is 0. The summed E-state index contributed by atoms with van der Waals surface area (Å²) in [6.07, 6.45) is 3.83. The van der Waals surface area contributed by atoms with Gasteiger partial charge in [-0.1, -0.05) is 0 Å². The molecule has 3 rings (SSSR count). The monoisotopic (exact) mass is 246 g/mol. The van der Waals surface area contributed by atoms with Gasteiger partial charge in [0, 0.05) is 49.6 Å². The number of nitrogens with zero attached hydrogens (tertiary/aromatic N) is 3. The van der Waals surface area contributed by atoms with Gasteiger partial charge in [-0.15, -0.1) is 0 Å². The predicted molar refractivity (Wildman–Crippen MR) is 71.4 cm³/mol. The number of ether oxygens (including phenoxy) is 1. The molecule has 1 saturated heterocycles. The van der Waals surface area contributed by atoms with Crippen LogP contribution in [0, 0.1) is 0 Å². The standard InChI is InChI=1S/C13H18N4O/c14-12-1-3-15-13-11(12)2-4-17(13)6-5-16-7-9-18-10-8-16/h1-4H,5-10H2,(H2,14,15). The van der Waals surface area contributed by atoms with E-state index in [4.69, 9.17) is 10.5 Å². The van der Waals surface area contributed by atoms with Gasteiger partial charge < -0.3 is 15.0 Å². The van der Waals surface area contributed by atoms with Gasteiger partial charge in [0.1, 0.15) is 5.65 Å². The van der Waals surface area contributed by atoms with Crippen LogP contribution < -0.4 is 5.73 Å². The van der Waals surface area contributed by atoms with Crippen LogP contribution in [-0.4, -0.2) is 47.3 Å². The van der Waals surface area contributed by atoms with Gasteiger partial charge in [0.05, 0.1) is 13.2 Å². The SMILES string of the molecule is Nc1ccnc2c1ccn2CCN1CCOCC1. The first-order valence-electron chi connectivity index (χ1n) is 6.34. The molecule has 0 aromatic carbocycles. The highest BCUT2D eigenvalue weighted by Gasteiger charge is 2.11. The molecule has 18 heavy (non-hydrogen) atoms. The molecule has 0 amide bonds. The molecule has 1 fully saturated rings. The lowest BCUT2D eigenvalue weighted by Crippen LogP contribution is -2.38. The van der Waals surface area contributed by atoms with Crippen molar-refractivity contribution in [2.75, 3.05) is 38.6 Å². The van der Waals surface area contributed by atoms with E-state index >= 15 is 0 Å². The normalized spacial score (nSPS) is 17.3. The van der Waals surface area contributed by atoms with E-state index in [-0.39, 0.29) is 0 Å². The van der Waals surface area contributed by atoms with E-state index < -0.39 is 0 Å². The molecule has 3 heterocycles. The predicted octanol–water partition coefficient (Wildman–Crippen LogP) is 0.951. The number of rotatable bonds is 3. The Morgan fingerprint density at radius 3 is 2.89 bits per heavy atom. The Kier molecular flexibility index (Phi) is 3.17. The first-order valence-corrected chi connectivity index (χ1v) is 6.34. The molecule has 96 valence electrons. The van der Waals surface area contributed by atoms with Crippen LogP contribution in [0.5, 0.6) is 0 Å². The van der Waals surface area contributed by atoms with Crippen molar-refractivity contribution in [3.8, 4) is 0 Å². The Balaban J connectivity index is 1.72. The van der Waals surface area contributed by atoms with Gasteiger partial charge in [0.25, 0.3) is 0 Å². The molecule has 1 aliphatic heterocycles. The van der Waals surface area contributed by atoms with Crippen LogP contribution in [0.2, 0.25) is 0 Å². The molecule has 0 atom stereocenters. The van der Waals surface area contributed by atoms with Gasteiger partial charge in [-0.3, -0.25) is 4.90 Å². The van der Waals surface area contributed by atoms with Gasteiger partial charge in [-0.25, -0.2) is 4.98 Å². The number of morpholine rings is 1. The lowest BCUT2D eigenvalue weighted by molar-refractivity contribution is 0.0365. The maximum absolute atomic E-state index is 5.93. The molecule has 0 aliphatic carbocycles. The van der Waals surface area contributed by atoms with E-state index in [0.717, 1.165) is 56.1 Å². The van der Waals surface area contributed by atoms with Crippen LogP contribution in [-0.2, 0) is 11.3 Å². The molecule has 0 bridgehead atoms. The van der Waals surface area contributed by atoms with E-state index in [2.05, 4.69) is 20.6 Å².